The highest BCUT2D eigenvalue weighted by molar-refractivity contribution is 6.01. The van der Waals surface area contributed by atoms with Gasteiger partial charge in [0, 0.05) is 6.04 Å². The van der Waals surface area contributed by atoms with E-state index < -0.39 is 5.54 Å². The Morgan fingerprint density at radius 3 is 2.79 bits per heavy atom. The first-order valence-corrected chi connectivity index (χ1v) is 10.2. The third-order valence-electron chi connectivity index (χ3n) is 6.23. The van der Waals surface area contributed by atoms with Crippen LogP contribution in [0.5, 0.6) is 0 Å². The van der Waals surface area contributed by atoms with Crippen molar-refractivity contribution in [1.29, 1.82) is 0 Å². The Morgan fingerprint density at radius 1 is 1.24 bits per heavy atom. The highest BCUT2D eigenvalue weighted by atomic mass is 16.3. The van der Waals surface area contributed by atoms with Crippen LogP contribution in [0.25, 0.3) is 11.0 Å². The lowest BCUT2D eigenvalue weighted by molar-refractivity contribution is -0.134. The van der Waals surface area contributed by atoms with Crippen molar-refractivity contribution in [2.24, 2.45) is 0 Å². The predicted octanol–water partition coefficient (Wildman–Crippen LogP) is 3.10. The van der Waals surface area contributed by atoms with Crippen LogP contribution in [0.3, 0.4) is 0 Å². The Hall–Kier alpha value is -3.09. The summed E-state index contributed by atoms with van der Waals surface area (Å²) in [7, 11) is 0. The van der Waals surface area contributed by atoms with Crippen LogP contribution in [0, 0.1) is 0 Å². The second-order valence-electron chi connectivity index (χ2n) is 8.21. The van der Waals surface area contributed by atoms with E-state index in [1.807, 2.05) is 41.8 Å². The summed E-state index contributed by atoms with van der Waals surface area (Å²) in [6.45, 7) is 2.42. The number of nitrogens with one attached hydrogen (secondary N) is 1. The van der Waals surface area contributed by atoms with Crippen LogP contribution in [0.2, 0.25) is 0 Å². The Labute approximate surface area is 168 Å². The summed E-state index contributed by atoms with van der Waals surface area (Å²) < 4.78 is 7.36. The molecule has 1 aromatic carbocycles. The van der Waals surface area contributed by atoms with Gasteiger partial charge in [-0.3, -0.25) is 9.59 Å². The molecule has 7 heteroatoms. The Balaban J connectivity index is 1.57. The van der Waals surface area contributed by atoms with Gasteiger partial charge in [-0.05, 0) is 44.0 Å². The van der Waals surface area contributed by atoms with Crippen molar-refractivity contribution in [1.82, 2.24) is 19.8 Å². The molecule has 3 aromatic rings. The number of rotatable bonds is 4. The summed E-state index contributed by atoms with van der Waals surface area (Å²) in [5.41, 5.74) is 0.589. The number of carbonyl (C=O) groups excluding carboxylic acids is 2. The fraction of sp³-hybridized carbons (Fsp3) is 0.409. The first-order valence-electron chi connectivity index (χ1n) is 10.2. The molecule has 1 fully saturated rings. The Bertz CT molecular complexity index is 1070. The number of imidazole rings is 1. The van der Waals surface area contributed by atoms with Crippen LogP contribution in [0.1, 0.15) is 49.0 Å². The maximum atomic E-state index is 13.5. The second kappa shape index (κ2) is 6.76. The number of para-hydroxylation sites is 2. The zero-order chi connectivity index (χ0) is 20.0. The molecule has 2 aliphatic rings. The number of aromatic nitrogens is 2. The molecule has 0 spiro atoms. The topological polar surface area (TPSA) is 80.4 Å². The lowest BCUT2D eigenvalue weighted by atomic mass is 9.94. The highest BCUT2D eigenvalue weighted by Crippen LogP contribution is 2.32. The van der Waals surface area contributed by atoms with Crippen molar-refractivity contribution in [2.75, 3.05) is 0 Å². The fourth-order valence-electron chi connectivity index (χ4n) is 4.55. The van der Waals surface area contributed by atoms with E-state index in [2.05, 4.69) is 10.3 Å². The van der Waals surface area contributed by atoms with Gasteiger partial charge in [-0.2, -0.15) is 0 Å². The zero-order valence-corrected chi connectivity index (χ0v) is 16.4. The molecule has 7 nitrogen and oxygen atoms in total. The van der Waals surface area contributed by atoms with Gasteiger partial charge in [0.15, 0.2) is 5.82 Å². The number of hydrogen-bond donors (Lipinski definition) is 1. The van der Waals surface area contributed by atoms with E-state index in [0.29, 0.717) is 18.1 Å². The molecule has 29 heavy (non-hydrogen) atoms. The lowest BCUT2D eigenvalue weighted by Gasteiger charge is -2.43. The molecule has 0 saturated heterocycles. The normalized spacial score (nSPS) is 22.2. The molecule has 1 aliphatic heterocycles. The van der Waals surface area contributed by atoms with Crippen LogP contribution in [0.15, 0.2) is 47.1 Å². The minimum atomic E-state index is -1.04. The van der Waals surface area contributed by atoms with Crippen LogP contribution < -0.4 is 5.32 Å². The number of benzene rings is 1. The fourth-order valence-corrected chi connectivity index (χ4v) is 4.55. The quantitative estimate of drug-likeness (QED) is 0.740. The largest absolute Gasteiger partial charge is 0.467 e. The van der Waals surface area contributed by atoms with Crippen molar-refractivity contribution in [3.63, 3.8) is 0 Å². The molecular weight excluding hydrogens is 368 g/mol. The third-order valence-corrected chi connectivity index (χ3v) is 6.23. The summed E-state index contributed by atoms with van der Waals surface area (Å²) >= 11 is 0. The SMILES string of the molecule is CC1(C(=O)NC2CCCC2)Cn2c(nc3ccccc32)C(=O)N1Cc1ccco1. The number of amides is 2. The van der Waals surface area contributed by atoms with Gasteiger partial charge in [0.1, 0.15) is 11.3 Å². The number of fused-ring (bicyclic) bond motifs is 3. The molecule has 2 aromatic heterocycles. The van der Waals surface area contributed by atoms with E-state index in [-0.39, 0.29) is 24.4 Å². The predicted molar refractivity (Wildman–Crippen MR) is 107 cm³/mol. The second-order valence-corrected chi connectivity index (χ2v) is 8.21. The van der Waals surface area contributed by atoms with Crippen LogP contribution in [0.4, 0.5) is 0 Å². The average molecular weight is 392 g/mol. The molecule has 1 aliphatic carbocycles. The molecule has 0 radical (unpaired) electrons. The molecule has 0 bridgehead atoms. The first kappa shape index (κ1) is 18.0. The van der Waals surface area contributed by atoms with Crippen molar-refractivity contribution in [3.8, 4) is 0 Å². The van der Waals surface area contributed by atoms with E-state index >= 15 is 0 Å². The summed E-state index contributed by atoms with van der Waals surface area (Å²) in [4.78, 5) is 33.1. The molecule has 1 unspecified atom stereocenters. The van der Waals surface area contributed by atoms with Gasteiger partial charge in [-0.1, -0.05) is 25.0 Å². The van der Waals surface area contributed by atoms with Crippen molar-refractivity contribution < 1.29 is 14.0 Å². The monoisotopic (exact) mass is 392 g/mol. The maximum absolute atomic E-state index is 13.5. The minimum Gasteiger partial charge on any atom is -0.467 e. The summed E-state index contributed by atoms with van der Waals surface area (Å²) in [5.74, 6) is 0.632. The van der Waals surface area contributed by atoms with E-state index in [0.717, 1.165) is 36.7 Å². The van der Waals surface area contributed by atoms with Gasteiger partial charge >= 0.3 is 0 Å². The number of nitrogens with zero attached hydrogens (tertiary/aromatic N) is 3. The lowest BCUT2D eigenvalue weighted by Crippen LogP contribution is -2.64. The average Bonchev–Trinajstić information content (AvgIpc) is 3.47. The Kier molecular flexibility index (Phi) is 4.19. The van der Waals surface area contributed by atoms with Crippen molar-refractivity contribution in [2.45, 2.75) is 57.3 Å². The molecule has 3 heterocycles. The van der Waals surface area contributed by atoms with E-state index in [4.69, 9.17) is 4.42 Å². The van der Waals surface area contributed by atoms with Crippen LogP contribution in [-0.2, 0) is 17.9 Å². The van der Waals surface area contributed by atoms with Gasteiger partial charge in [-0.15, -0.1) is 0 Å². The molecule has 1 N–H and O–H groups in total. The van der Waals surface area contributed by atoms with E-state index in [1.165, 1.54) is 0 Å². The van der Waals surface area contributed by atoms with Crippen LogP contribution in [-0.4, -0.2) is 37.8 Å². The van der Waals surface area contributed by atoms with Crippen LogP contribution >= 0.6 is 0 Å². The van der Waals surface area contributed by atoms with Gasteiger partial charge in [0.25, 0.3) is 5.91 Å². The Morgan fingerprint density at radius 2 is 2.03 bits per heavy atom. The summed E-state index contributed by atoms with van der Waals surface area (Å²) in [6, 6.07) is 11.4. The van der Waals surface area contributed by atoms with Gasteiger partial charge < -0.3 is 19.2 Å². The van der Waals surface area contributed by atoms with Crippen molar-refractivity contribution in [3.05, 3.63) is 54.2 Å². The third kappa shape index (κ3) is 2.92. The van der Waals surface area contributed by atoms with Gasteiger partial charge in [-0.25, -0.2) is 4.98 Å². The van der Waals surface area contributed by atoms with E-state index in [9.17, 15) is 9.59 Å². The van der Waals surface area contributed by atoms with Gasteiger partial charge in [0.05, 0.1) is 30.4 Å². The van der Waals surface area contributed by atoms with E-state index in [1.54, 1.807) is 17.2 Å². The zero-order valence-electron chi connectivity index (χ0n) is 16.4. The molecule has 5 rings (SSSR count). The molecular formula is C22H24N4O3. The molecule has 150 valence electrons. The smallest absolute Gasteiger partial charge is 0.291 e. The maximum Gasteiger partial charge on any atom is 0.291 e. The van der Waals surface area contributed by atoms with Gasteiger partial charge in [0.2, 0.25) is 5.91 Å². The number of hydrogen-bond acceptors (Lipinski definition) is 4. The number of furan rings is 1. The summed E-state index contributed by atoms with van der Waals surface area (Å²) in [5, 5.41) is 3.19. The molecule has 1 atom stereocenters. The summed E-state index contributed by atoms with van der Waals surface area (Å²) in [6.07, 6.45) is 5.83. The van der Waals surface area contributed by atoms with Crippen molar-refractivity contribution >= 4 is 22.8 Å². The minimum absolute atomic E-state index is 0.118. The number of carbonyl (C=O) groups is 2. The molecule has 1 saturated carbocycles. The molecule has 2 amide bonds. The standard InChI is InChI=1S/C22H24N4O3/c1-22(21(28)23-15-7-2-3-8-15)14-25-18-11-5-4-10-17(18)24-19(25)20(27)26(22)13-16-9-6-12-29-16/h4-6,9-12,15H,2-3,7-8,13-14H2,1H3,(H,23,28). The first-order chi connectivity index (χ1) is 14.1. The highest BCUT2D eigenvalue weighted by Gasteiger charge is 2.49.